The fourth-order valence-corrected chi connectivity index (χ4v) is 3.32. The first-order valence-electron chi connectivity index (χ1n) is 6.56. The van der Waals surface area contributed by atoms with Gasteiger partial charge in [0.05, 0.1) is 6.07 Å². The maximum absolute atomic E-state index is 9.51. The Hall–Kier alpha value is -0.980. The van der Waals surface area contributed by atoms with Gasteiger partial charge in [-0.05, 0) is 44.4 Å². The van der Waals surface area contributed by atoms with Crippen LogP contribution in [0.25, 0.3) is 0 Å². The number of benzene rings is 1. The Morgan fingerprint density at radius 2 is 2.06 bits per heavy atom. The number of thioether (sulfide) groups is 1. The van der Waals surface area contributed by atoms with Gasteiger partial charge in [-0.15, -0.1) is 11.8 Å². The maximum Gasteiger partial charge on any atom is 0.119 e. The molecule has 1 aromatic rings. The summed E-state index contributed by atoms with van der Waals surface area (Å²) in [7, 11) is 0. The zero-order valence-electron chi connectivity index (χ0n) is 11.1. The summed E-state index contributed by atoms with van der Waals surface area (Å²) < 4.78 is 0. The Labute approximate surface area is 114 Å². The Kier molecular flexibility index (Phi) is 4.31. The SMILES string of the molecule is CCNC(C#N)(CSc1ccc(C)cc1)C1CC1. The maximum atomic E-state index is 9.51. The van der Waals surface area contributed by atoms with Crippen LogP contribution in [0, 0.1) is 24.2 Å². The lowest BCUT2D eigenvalue weighted by Crippen LogP contribution is -2.48. The van der Waals surface area contributed by atoms with Crippen LogP contribution < -0.4 is 5.32 Å². The van der Waals surface area contributed by atoms with Crippen molar-refractivity contribution in [1.29, 1.82) is 5.26 Å². The minimum Gasteiger partial charge on any atom is -0.299 e. The van der Waals surface area contributed by atoms with E-state index in [-0.39, 0.29) is 5.54 Å². The molecule has 0 aliphatic heterocycles. The van der Waals surface area contributed by atoms with Gasteiger partial charge in [0.25, 0.3) is 0 Å². The number of aryl methyl sites for hydroxylation is 1. The summed E-state index contributed by atoms with van der Waals surface area (Å²) in [6.45, 7) is 5.03. The van der Waals surface area contributed by atoms with Crippen molar-refractivity contribution in [3.63, 3.8) is 0 Å². The number of nitriles is 1. The van der Waals surface area contributed by atoms with Crippen molar-refractivity contribution in [3.05, 3.63) is 29.8 Å². The van der Waals surface area contributed by atoms with E-state index in [1.807, 2.05) is 0 Å². The smallest absolute Gasteiger partial charge is 0.119 e. The van der Waals surface area contributed by atoms with Gasteiger partial charge >= 0.3 is 0 Å². The molecule has 2 nitrogen and oxygen atoms in total. The normalized spacial score (nSPS) is 18.1. The van der Waals surface area contributed by atoms with Crippen LogP contribution in [0.15, 0.2) is 29.2 Å². The summed E-state index contributed by atoms with van der Waals surface area (Å²) in [4.78, 5) is 1.25. The quantitative estimate of drug-likeness (QED) is 0.797. The molecule has 1 fully saturated rings. The molecule has 18 heavy (non-hydrogen) atoms. The third-order valence-electron chi connectivity index (χ3n) is 3.45. The average Bonchev–Trinajstić information content (AvgIpc) is 3.21. The molecule has 0 amide bonds. The van der Waals surface area contributed by atoms with Crippen molar-refractivity contribution in [3.8, 4) is 6.07 Å². The van der Waals surface area contributed by atoms with Crippen LogP contribution in [-0.2, 0) is 0 Å². The van der Waals surface area contributed by atoms with E-state index in [1.165, 1.54) is 23.3 Å². The van der Waals surface area contributed by atoms with Crippen LogP contribution in [-0.4, -0.2) is 17.8 Å². The Balaban J connectivity index is 2.01. The summed E-state index contributed by atoms with van der Waals surface area (Å²) in [6.07, 6.45) is 2.38. The van der Waals surface area contributed by atoms with E-state index in [1.54, 1.807) is 11.8 Å². The van der Waals surface area contributed by atoms with Gasteiger partial charge in [0.15, 0.2) is 0 Å². The zero-order valence-corrected chi connectivity index (χ0v) is 11.9. The molecule has 1 aliphatic carbocycles. The molecule has 0 spiro atoms. The van der Waals surface area contributed by atoms with Crippen molar-refractivity contribution < 1.29 is 0 Å². The van der Waals surface area contributed by atoms with Gasteiger partial charge in [-0.1, -0.05) is 24.6 Å². The van der Waals surface area contributed by atoms with E-state index in [4.69, 9.17) is 0 Å². The van der Waals surface area contributed by atoms with Crippen LogP contribution in [0.5, 0.6) is 0 Å². The lowest BCUT2D eigenvalue weighted by molar-refractivity contribution is 0.416. The minimum atomic E-state index is -0.329. The van der Waals surface area contributed by atoms with Gasteiger partial charge in [-0.2, -0.15) is 5.26 Å². The summed E-state index contributed by atoms with van der Waals surface area (Å²) in [5.74, 6) is 1.38. The Bertz CT molecular complexity index is 431. The predicted octanol–water partition coefficient (Wildman–Crippen LogP) is 3.37. The van der Waals surface area contributed by atoms with Gasteiger partial charge < -0.3 is 0 Å². The highest BCUT2D eigenvalue weighted by Crippen LogP contribution is 2.42. The number of nitrogens with zero attached hydrogens (tertiary/aromatic N) is 1. The second-order valence-corrected chi connectivity index (χ2v) is 6.04. The van der Waals surface area contributed by atoms with Crippen molar-refractivity contribution in [2.24, 2.45) is 5.92 Å². The number of hydrogen-bond acceptors (Lipinski definition) is 3. The van der Waals surface area contributed by atoms with Crippen LogP contribution in [0.1, 0.15) is 25.3 Å². The molecule has 1 aromatic carbocycles. The number of nitrogens with one attached hydrogen (secondary N) is 1. The van der Waals surface area contributed by atoms with Crippen LogP contribution >= 0.6 is 11.8 Å². The van der Waals surface area contributed by atoms with E-state index >= 15 is 0 Å². The Morgan fingerprint density at radius 3 is 2.56 bits per heavy atom. The van der Waals surface area contributed by atoms with Crippen molar-refractivity contribution in [1.82, 2.24) is 5.32 Å². The second-order valence-electron chi connectivity index (χ2n) is 4.99. The molecular formula is C15H20N2S. The van der Waals surface area contributed by atoms with Gasteiger partial charge in [0.1, 0.15) is 5.54 Å². The highest BCUT2D eigenvalue weighted by atomic mass is 32.2. The molecule has 0 aromatic heterocycles. The molecule has 0 radical (unpaired) electrons. The van der Waals surface area contributed by atoms with Crippen LogP contribution in [0.2, 0.25) is 0 Å². The van der Waals surface area contributed by atoms with Crippen LogP contribution in [0.3, 0.4) is 0 Å². The van der Waals surface area contributed by atoms with Gasteiger partial charge in [-0.25, -0.2) is 0 Å². The highest BCUT2D eigenvalue weighted by molar-refractivity contribution is 7.99. The monoisotopic (exact) mass is 260 g/mol. The Morgan fingerprint density at radius 1 is 1.39 bits per heavy atom. The molecule has 1 unspecified atom stereocenters. The lowest BCUT2D eigenvalue weighted by Gasteiger charge is -2.27. The number of hydrogen-bond donors (Lipinski definition) is 1. The first kappa shape index (κ1) is 13.5. The van der Waals surface area contributed by atoms with E-state index in [0.29, 0.717) is 5.92 Å². The van der Waals surface area contributed by atoms with Gasteiger partial charge in [0, 0.05) is 10.6 Å². The molecule has 1 N–H and O–H groups in total. The van der Waals surface area contributed by atoms with E-state index in [0.717, 1.165) is 12.3 Å². The highest BCUT2D eigenvalue weighted by Gasteiger charge is 2.45. The molecule has 1 saturated carbocycles. The average molecular weight is 260 g/mol. The van der Waals surface area contributed by atoms with Crippen molar-refractivity contribution in [2.75, 3.05) is 12.3 Å². The molecule has 0 heterocycles. The summed E-state index contributed by atoms with van der Waals surface area (Å²) >= 11 is 1.78. The summed E-state index contributed by atoms with van der Waals surface area (Å²) in [5.41, 5.74) is 0.949. The van der Waals surface area contributed by atoms with E-state index in [2.05, 4.69) is 49.5 Å². The minimum absolute atomic E-state index is 0.329. The van der Waals surface area contributed by atoms with Gasteiger partial charge in [-0.3, -0.25) is 5.32 Å². The molecule has 0 saturated heterocycles. The standard InChI is InChI=1S/C15H20N2S/c1-3-17-15(10-16,13-6-7-13)11-18-14-8-4-12(2)5-9-14/h4-5,8-9,13,17H,3,6-7,11H2,1-2H3. The number of rotatable bonds is 6. The first-order chi connectivity index (χ1) is 8.70. The fourth-order valence-electron chi connectivity index (χ4n) is 2.20. The van der Waals surface area contributed by atoms with Crippen molar-refractivity contribution in [2.45, 2.75) is 37.1 Å². The van der Waals surface area contributed by atoms with Crippen molar-refractivity contribution >= 4 is 11.8 Å². The predicted molar refractivity (Wildman–Crippen MR) is 76.6 cm³/mol. The topological polar surface area (TPSA) is 35.8 Å². The first-order valence-corrected chi connectivity index (χ1v) is 7.54. The van der Waals surface area contributed by atoms with E-state index in [9.17, 15) is 5.26 Å². The third-order valence-corrected chi connectivity index (χ3v) is 4.66. The summed E-state index contributed by atoms with van der Waals surface area (Å²) in [6, 6.07) is 11.1. The fraction of sp³-hybridized carbons (Fsp3) is 0.533. The molecular weight excluding hydrogens is 240 g/mol. The molecule has 1 atom stereocenters. The largest absolute Gasteiger partial charge is 0.299 e. The van der Waals surface area contributed by atoms with Crippen LogP contribution in [0.4, 0.5) is 0 Å². The second kappa shape index (κ2) is 5.77. The molecule has 2 rings (SSSR count). The lowest BCUT2D eigenvalue weighted by atomic mass is 9.98. The molecule has 3 heteroatoms. The van der Waals surface area contributed by atoms with E-state index < -0.39 is 0 Å². The zero-order chi connectivity index (χ0) is 13.0. The molecule has 0 bridgehead atoms. The third kappa shape index (κ3) is 3.07. The van der Waals surface area contributed by atoms with Gasteiger partial charge in [0.2, 0.25) is 0 Å². The molecule has 1 aliphatic rings. The molecule has 96 valence electrons. The summed E-state index contributed by atoms with van der Waals surface area (Å²) in [5, 5.41) is 12.9.